The minimum atomic E-state index is 0.283. The third-order valence-electron chi connectivity index (χ3n) is 2.03. The van der Waals surface area contributed by atoms with E-state index in [1.807, 2.05) is 6.07 Å². The number of hydrogen-bond donors (Lipinski definition) is 1. The average molecular weight is 246 g/mol. The van der Waals surface area contributed by atoms with Crippen molar-refractivity contribution in [3.63, 3.8) is 0 Å². The minimum Gasteiger partial charge on any atom is -0.438 e. The fraction of sp³-hybridized carbons (Fsp3) is 0. The van der Waals surface area contributed by atoms with Gasteiger partial charge in [0.25, 0.3) is 0 Å². The lowest BCUT2D eigenvalue weighted by atomic mass is 10.2. The molecule has 1 heterocycles. The van der Waals surface area contributed by atoms with Crippen LogP contribution in [0.25, 0.3) is 0 Å². The van der Waals surface area contributed by atoms with E-state index in [9.17, 15) is 0 Å². The van der Waals surface area contributed by atoms with Crippen molar-refractivity contribution in [2.45, 2.75) is 0 Å². The van der Waals surface area contributed by atoms with Gasteiger partial charge in [0.05, 0.1) is 23.5 Å². The standard InChI is InChI=1S/C12H8ClN3O/c13-11-5-9(15)7-16-12(11)17-10-3-1-8(6-14)2-4-10/h1-5,7H,15H2. The van der Waals surface area contributed by atoms with Crippen LogP contribution in [0, 0.1) is 11.3 Å². The zero-order chi connectivity index (χ0) is 12.3. The monoisotopic (exact) mass is 245 g/mol. The number of pyridine rings is 1. The Labute approximate surface area is 103 Å². The van der Waals surface area contributed by atoms with E-state index >= 15 is 0 Å². The first-order chi connectivity index (χ1) is 8.19. The molecule has 0 fully saturated rings. The average Bonchev–Trinajstić information content (AvgIpc) is 2.34. The van der Waals surface area contributed by atoms with Gasteiger partial charge in [-0.1, -0.05) is 11.6 Å². The van der Waals surface area contributed by atoms with Gasteiger partial charge in [-0.2, -0.15) is 5.26 Å². The molecule has 0 saturated carbocycles. The summed E-state index contributed by atoms with van der Waals surface area (Å²) in [5, 5.41) is 9.00. The van der Waals surface area contributed by atoms with Crippen LogP contribution in [0.5, 0.6) is 11.6 Å². The van der Waals surface area contributed by atoms with Crippen molar-refractivity contribution in [1.29, 1.82) is 5.26 Å². The van der Waals surface area contributed by atoms with Gasteiger partial charge < -0.3 is 10.5 Å². The largest absolute Gasteiger partial charge is 0.438 e. The predicted molar refractivity (Wildman–Crippen MR) is 64.9 cm³/mol. The van der Waals surface area contributed by atoms with Crippen LogP contribution in [0.4, 0.5) is 5.69 Å². The van der Waals surface area contributed by atoms with Crippen molar-refractivity contribution in [1.82, 2.24) is 4.98 Å². The van der Waals surface area contributed by atoms with Crippen LogP contribution in [0.15, 0.2) is 36.5 Å². The number of nitriles is 1. The van der Waals surface area contributed by atoms with Gasteiger partial charge in [0, 0.05) is 0 Å². The van der Waals surface area contributed by atoms with Crippen LogP contribution in [-0.2, 0) is 0 Å². The number of ether oxygens (including phenoxy) is 1. The van der Waals surface area contributed by atoms with E-state index < -0.39 is 0 Å². The molecule has 0 spiro atoms. The predicted octanol–water partition coefficient (Wildman–Crippen LogP) is 2.98. The number of rotatable bonds is 2. The summed E-state index contributed by atoms with van der Waals surface area (Å²) in [6, 6.07) is 10.2. The SMILES string of the molecule is N#Cc1ccc(Oc2ncc(N)cc2Cl)cc1. The summed E-state index contributed by atoms with van der Waals surface area (Å²) in [5.74, 6) is 0.841. The van der Waals surface area contributed by atoms with Crippen LogP contribution < -0.4 is 10.5 Å². The number of halogens is 1. The van der Waals surface area contributed by atoms with E-state index in [0.717, 1.165) is 0 Å². The molecule has 0 bridgehead atoms. The summed E-state index contributed by atoms with van der Waals surface area (Å²) in [6.07, 6.45) is 1.46. The highest BCUT2D eigenvalue weighted by molar-refractivity contribution is 6.32. The summed E-state index contributed by atoms with van der Waals surface area (Å²) in [5.41, 5.74) is 6.56. The second-order valence-corrected chi connectivity index (χ2v) is 3.70. The molecule has 0 aliphatic heterocycles. The van der Waals surface area contributed by atoms with Crippen LogP contribution in [0.3, 0.4) is 0 Å². The summed E-state index contributed by atoms with van der Waals surface area (Å²) < 4.78 is 5.46. The maximum absolute atomic E-state index is 8.65. The topological polar surface area (TPSA) is 71.9 Å². The molecule has 0 aliphatic rings. The number of hydrogen-bond acceptors (Lipinski definition) is 4. The van der Waals surface area contributed by atoms with E-state index in [4.69, 9.17) is 27.3 Å². The summed E-state index contributed by atoms with van der Waals surface area (Å²) in [7, 11) is 0. The smallest absolute Gasteiger partial charge is 0.238 e. The molecule has 0 unspecified atom stereocenters. The van der Waals surface area contributed by atoms with Crippen molar-refractivity contribution in [2.24, 2.45) is 0 Å². The van der Waals surface area contributed by atoms with Crippen LogP contribution in [0.1, 0.15) is 5.56 Å². The highest BCUT2D eigenvalue weighted by Crippen LogP contribution is 2.28. The third-order valence-corrected chi connectivity index (χ3v) is 2.30. The Balaban J connectivity index is 2.23. The van der Waals surface area contributed by atoms with Gasteiger partial charge in [-0.3, -0.25) is 0 Å². The summed E-state index contributed by atoms with van der Waals surface area (Å²) >= 11 is 5.92. The maximum Gasteiger partial charge on any atom is 0.238 e. The number of benzene rings is 1. The van der Waals surface area contributed by atoms with Gasteiger partial charge in [0.15, 0.2) is 0 Å². The first-order valence-electron chi connectivity index (χ1n) is 4.78. The molecule has 4 nitrogen and oxygen atoms in total. The second-order valence-electron chi connectivity index (χ2n) is 3.29. The number of anilines is 1. The van der Waals surface area contributed by atoms with E-state index in [1.54, 1.807) is 30.3 Å². The number of nitrogen functional groups attached to an aromatic ring is 1. The number of nitrogens with zero attached hydrogens (tertiary/aromatic N) is 2. The molecule has 1 aromatic heterocycles. The fourth-order valence-corrected chi connectivity index (χ4v) is 1.44. The van der Waals surface area contributed by atoms with Gasteiger partial charge >= 0.3 is 0 Å². The number of aromatic nitrogens is 1. The van der Waals surface area contributed by atoms with Crippen molar-refractivity contribution >= 4 is 17.3 Å². The van der Waals surface area contributed by atoms with E-state index in [2.05, 4.69) is 4.98 Å². The highest BCUT2D eigenvalue weighted by atomic mass is 35.5. The highest BCUT2D eigenvalue weighted by Gasteiger charge is 2.05. The Kier molecular flexibility index (Phi) is 3.12. The third kappa shape index (κ3) is 2.65. The van der Waals surface area contributed by atoms with Gasteiger partial charge in [-0.15, -0.1) is 0 Å². The Morgan fingerprint density at radius 3 is 2.59 bits per heavy atom. The zero-order valence-corrected chi connectivity index (χ0v) is 9.48. The van der Waals surface area contributed by atoms with E-state index in [1.165, 1.54) is 6.20 Å². The molecule has 2 rings (SSSR count). The minimum absolute atomic E-state index is 0.283. The summed E-state index contributed by atoms with van der Waals surface area (Å²) in [4.78, 5) is 3.97. The molecule has 0 saturated heterocycles. The quantitative estimate of drug-likeness (QED) is 0.883. The lowest BCUT2D eigenvalue weighted by Gasteiger charge is -2.06. The fourth-order valence-electron chi connectivity index (χ4n) is 1.22. The molecule has 0 radical (unpaired) electrons. The second kappa shape index (κ2) is 4.73. The molecule has 1 aromatic carbocycles. The molecular weight excluding hydrogens is 238 g/mol. The van der Waals surface area contributed by atoms with E-state index in [0.29, 0.717) is 22.0 Å². The zero-order valence-electron chi connectivity index (χ0n) is 8.72. The molecule has 2 N–H and O–H groups in total. The Hall–Kier alpha value is -2.25. The molecule has 0 amide bonds. The maximum atomic E-state index is 8.65. The number of nitrogens with two attached hydrogens (primary N) is 1. The normalized spacial score (nSPS) is 9.65. The van der Waals surface area contributed by atoms with Crippen LogP contribution >= 0.6 is 11.6 Å². The molecular formula is C12H8ClN3O. The summed E-state index contributed by atoms with van der Waals surface area (Å²) in [6.45, 7) is 0. The first kappa shape index (κ1) is 11.2. The van der Waals surface area contributed by atoms with Crippen molar-refractivity contribution in [3.05, 3.63) is 47.1 Å². The van der Waals surface area contributed by atoms with Gasteiger partial charge in [0.2, 0.25) is 5.88 Å². The van der Waals surface area contributed by atoms with Crippen LogP contribution in [-0.4, -0.2) is 4.98 Å². The van der Waals surface area contributed by atoms with Crippen LogP contribution in [0.2, 0.25) is 5.02 Å². The molecule has 0 atom stereocenters. The lowest BCUT2D eigenvalue weighted by molar-refractivity contribution is 0.463. The Morgan fingerprint density at radius 1 is 1.29 bits per heavy atom. The molecule has 17 heavy (non-hydrogen) atoms. The van der Waals surface area contributed by atoms with Gasteiger partial charge in [0.1, 0.15) is 10.8 Å². The van der Waals surface area contributed by atoms with Crippen molar-refractivity contribution in [2.75, 3.05) is 5.73 Å². The van der Waals surface area contributed by atoms with Gasteiger partial charge in [-0.05, 0) is 30.3 Å². The van der Waals surface area contributed by atoms with E-state index in [-0.39, 0.29) is 5.88 Å². The molecule has 5 heteroatoms. The Morgan fingerprint density at radius 2 is 2.00 bits per heavy atom. The molecule has 0 aliphatic carbocycles. The molecule has 84 valence electrons. The Bertz CT molecular complexity index is 575. The lowest BCUT2D eigenvalue weighted by Crippen LogP contribution is -1.92. The van der Waals surface area contributed by atoms with Gasteiger partial charge in [-0.25, -0.2) is 4.98 Å². The van der Waals surface area contributed by atoms with Crippen molar-refractivity contribution < 1.29 is 4.74 Å². The molecule has 2 aromatic rings. The first-order valence-corrected chi connectivity index (χ1v) is 5.16. The van der Waals surface area contributed by atoms with Crippen molar-refractivity contribution in [3.8, 4) is 17.7 Å².